The molecule has 0 rings (SSSR count). The number of allylic oxidation sites excluding steroid dienone is 3. The summed E-state index contributed by atoms with van der Waals surface area (Å²) in [5.41, 5.74) is 3.26. The molecule has 0 saturated heterocycles. The summed E-state index contributed by atoms with van der Waals surface area (Å²) in [6.07, 6.45) is 2.11. The molecule has 1 heteroatoms. The van der Waals surface area contributed by atoms with Gasteiger partial charge in [-0.2, -0.15) is 0 Å². The molecule has 0 aliphatic heterocycles. The minimum Gasteiger partial charge on any atom is -0.259 e. The minimum atomic E-state index is 0.597. The summed E-state index contributed by atoms with van der Waals surface area (Å²) in [4.78, 5) is 4.25. The maximum atomic E-state index is 4.25. The molecule has 0 radical (unpaired) electrons. The van der Waals surface area contributed by atoms with Crippen LogP contribution in [0.3, 0.4) is 0 Å². The third-order valence-corrected chi connectivity index (χ3v) is 1.71. The molecule has 0 amide bonds. The lowest BCUT2D eigenvalue weighted by atomic mass is 10.0. The number of hydrogen-bond acceptors (Lipinski definition) is 1. The molecule has 0 fully saturated rings. The summed E-state index contributed by atoms with van der Waals surface area (Å²) in [7, 11) is 0. The zero-order valence-corrected chi connectivity index (χ0v) is 8.81. The molecule has 0 aliphatic carbocycles. The van der Waals surface area contributed by atoms with Gasteiger partial charge in [-0.1, -0.05) is 26.0 Å². The van der Waals surface area contributed by atoms with Crippen LogP contribution in [0.1, 0.15) is 34.6 Å². The number of rotatable bonds is 3. The van der Waals surface area contributed by atoms with Gasteiger partial charge in [0.15, 0.2) is 0 Å². The summed E-state index contributed by atoms with van der Waals surface area (Å²) in [5.74, 6) is 0.597. The van der Waals surface area contributed by atoms with Gasteiger partial charge in [0.05, 0.1) is 0 Å². The molecule has 12 heavy (non-hydrogen) atoms. The van der Waals surface area contributed by atoms with Crippen LogP contribution in [0.5, 0.6) is 0 Å². The summed E-state index contributed by atoms with van der Waals surface area (Å²) >= 11 is 0. The summed E-state index contributed by atoms with van der Waals surface area (Å²) in [6, 6.07) is 0. The van der Waals surface area contributed by atoms with E-state index in [1.54, 1.807) is 0 Å². The van der Waals surface area contributed by atoms with Crippen LogP contribution in [0, 0.1) is 5.92 Å². The molecule has 0 aliphatic rings. The molecule has 0 aromatic rings. The van der Waals surface area contributed by atoms with Crippen molar-refractivity contribution in [3.63, 3.8) is 0 Å². The number of nitrogens with zero attached hydrogens (tertiary/aromatic N) is 1. The SMILES string of the molecule is C=C(C)N=C(C)/C=C(\C)C(C)C. The zero-order valence-electron chi connectivity index (χ0n) is 8.81. The Labute approximate surface area is 75.9 Å². The van der Waals surface area contributed by atoms with Crippen molar-refractivity contribution in [3.8, 4) is 0 Å². The van der Waals surface area contributed by atoms with Gasteiger partial charge in [-0.25, -0.2) is 0 Å². The highest BCUT2D eigenvalue weighted by Crippen LogP contribution is 2.08. The third kappa shape index (κ3) is 4.89. The highest BCUT2D eigenvalue weighted by atomic mass is 14.7. The van der Waals surface area contributed by atoms with E-state index in [0.717, 1.165) is 11.4 Å². The second-order valence-electron chi connectivity index (χ2n) is 3.53. The van der Waals surface area contributed by atoms with Crippen molar-refractivity contribution >= 4 is 5.71 Å². The fourth-order valence-electron chi connectivity index (χ4n) is 0.829. The highest BCUT2D eigenvalue weighted by Gasteiger charge is 1.95. The van der Waals surface area contributed by atoms with E-state index in [0.29, 0.717) is 5.92 Å². The molecule has 0 atom stereocenters. The van der Waals surface area contributed by atoms with Crippen LogP contribution in [-0.2, 0) is 0 Å². The minimum absolute atomic E-state index is 0.597. The standard InChI is InChI=1S/C11H19N/c1-8(2)10(5)7-11(6)12-9(3)4/h7-8H,3H2,1-2,4-6H3/b10-7+,12-11?. The van der Waals surface area contributed by atoms with Gasteiger partial charge in [0.1, 0.15) is 0 Å². The Balaban J connectivity index is 4.43. The molecule has 0 N–H and O–H groups in total. The van der Waals surface area contributed by atoms with E-state index < -0.39 is 0 Å². The Morgan fingerprint density at radius 1 is 1.25 bits per heavy atom. The van der Waals surface area contributed by atoms with Crippen LogP contribution in [0.25, 0.3) is 0 Å². The van der Waals surface area contributed by atoms with Crippen LogP contribution in [0.2, 0.25) is 0 Å². The Hall–Kier alpha value is -0.850. The van der Waals surface area contributed by atoms with Crippen LogP contribution < -0.4 is 0 Å². The molecule has 0 heterocycles. The predicted octanol–water partition coefficient (Wildman–Crippen LogP) is 3.58. The molecular weight excluding hydrogens is 146 g/mol. The van der Waals surface area contributed by atoms with Gasteiger partial charge in [-0.15, -0.1) is 0 Å². The molecular formula is C11H19N. The van der Waals surface area contributed by atoms with Crippen LogP contribution in [0.4, 0.5) is 0 Å². The topological polar surface area (TPSA) is 12.4 Å². The molecule has 0 aromatic carbocycles. The van der Waals surface area contributed by atoms with E-state index in [-0.39, 0.29) is 0 Å². The Kier molecular flexibility index (Phi) is 4.57. The van der Waals surface area contributed by atoms with Crippen molar-refractivity contribution in [2.75, 3.05) is 0 Å². The maximum absolute atomic E-state index is 4.25. The Bertz CT molecular complexity index is 219. The summed E-state index contributed by atoms with van der Waals surface area (Å²) in [6.45, 7) is 14.1. The van der Waals surface area contributed by atoms with Crippen molar-refractivity contribution in [2.24, 2.45) is 10.9 Å². The number of aliphatic imine (C=N–C) groups is 1. The largest absolute Gasteiger partial charge is 0.259 e. The van der Waals surface area contributed by atoms with Gasteiger partial charge in [0, 0.05) is 11.4 Å². The Morgan fingerprint density at radius 3 is 2.08 bits per heavy atom. The third-order valence-electron chi connectivity index (χ3n) is 1.71. The second kappa shape index (κ2) is 4.91. The normalized spacial score (nSPS) is 13.8. The fourth-order valence-corrected chi connectivity index (χ4v) is 0.829. The van der Waals surface area contributed by atoms with Gasteiger partial charge in [0.25, 0.3) is 0 Å². The van der Waals surface area contributed by atoms with Crippen molar-refractivity contribution < 1.29 is 0 Å². The summed E-state index contributed by atoms with van der Waals surface area (Å²) in [5, 5.41) is 0. The molecule has 68 valence electrons. The van der Waals surface area contributed by atoms with E-state index >= 15 is 0 Å². The molecule has 0 spiro atoms. The first-order valence-corrected chi connectivity index (χ1v) is 4.32. The second-order valence-corrected chi connectivity index (χ2v) is 3.53. The first-order valence-electron chi connectivity index (χ1n) is 4.32. The van der Waals surface area contributed by atoms with Gasteiger partial charge in [0.2, 0.25) is 0 Å². The first kappa shape index (κ1) is 11.2. The lowest BCUT2D eigenvalue weighted by Gasteiger charge is -2.04. The first-order chi connectivity index (χ1) is 5.43. The van der Waals surface area contributed by atoms with E-state index in [2.05, 4.69) is 38.4 Å². The van der Waals surface area contributed by atoms with Crippen molar-refractivity contribution in [1.82, 2.24) is 0 Å². The smallest absolute Gasteiger partial charge is 0.0375 e. The van der Waals surface area contributed by atoms with E-state index in [1.807, 2.05) is 13.8 Å². The molecule has 0 aromatic heterocycles. The monoisotopic (exact) mass is 165 g/mol. The number of hydrogen-bond donors (Lipinski definition) is 0. The maximum Gasteiger partial charge on any atom is 0.0375 e. The van der Waals surface area contributed by atoms with Gasteiger partial charge in [-0.05, 0) is 32.8 Å². The quantitative estimate of drug-likeness (QED) is 0.567. The fraction of sp³-hybridized carbons (Fsp3) is 0.545. The lowest BCUT2D eigenvalue weighted by molar-refractivity contribution is 0.770. The van der Waals surface area contributed by atoms with E-state index in [9.17, 15) is 0 Å². The molecule has 0 unspecified atom stereocenters. The summed E-state index contributed by atoms with van der Waals surface area (Å²) < 4.78 is 0. The van der Waals surface area contributed by atoms with Crippen LogP contribution >= 0.6 is 0 Å². The average molecular weight is 165 g/mol. The molecule has 0 saturated carbocycles. The molecule has 0 bridgehead atoms. The highest BCUT2D eigenvalue weighted by molar-refractivity contribution is 5.94. The molecule has 1 nitrogen and oxygen atoms in total. The van der Waals surface area contributed by atoms with Gasteiger partial charge < -0.3 is 0 Å². The average Bonchev–Trinajstić information content (AvgIpc) is 1.84. The van der Waals surface area contributed by atoms with E-state index in [4.69, 9.17) is 0 Å². The Morgan fingerprint density at radius 2 is 1.75 bits per heavy atom. The van der Waals surface area contributed by atoms with Crippen LogP contribution in [0.15, 0.2) is 28.9 Å². The van der Waals surface area contributed by atoms with Crippen LogP contribution in [-0.4, -0.2) is 5.71 Å². The van der Waals surface area contributed by atoms with E-state index in [1.165, 1.54) is 5.57 Å². The van der Waals surface area contributed by atoms with Gasteiger partial charge >= 0.3 is 0 Å². The van der Waals surface area contributed by atoms with Crippen molar-refractivity contribution in [2.45, 2.75) is 34.6 Å². The predicted molar refractivity (Wildman–Crippen MR) is 56.5 cm³/mol. The van der Waals surface area contributed by atoms with Crippen molar-refractivity contribution in [3.05, 3.63) is 23.9 Å². The van der Waals surface area contributed by atoms with Crippen molar-refractivity contribution in [1.29, 1.82) is 0 Å². The zero-order chi connectivity index (χ0) is 9.72. The lowest BCUT2D eigenvalue weighted by Crippen LogP contribution is -1.93. The van der Waals surface area contributed by atoms with Gasteiger partial charge in [-0.3, -0.25) is 4.99 Å².